The van der Waals surface area contributed by atoms with Gasteiger partial charge in [0, 0.05) is 36.6 Å². The zero-order chi connectivity index (χ0) is 20.8. The van der Waals surface area contributed by atoms with Crippen molar-refractivity contribution in [3.8, 4) is 11.8 Å². The van der Waals surface area contributed by atoms with Gasteiger partial charge in [-0.3, -0.25) is 9.69 Å². The Morgan fingerprint density at radius 3 is 2.67 bits per heavy atom. The molecule has 1 N–H and O–H groups in total. The second-order valence-corrected chi connectivity index (χ2v) is 7.94. The number of hydrogen-bond acceptors (Lipinski definition) is 3. The third kappa shape index (κ3) is 4.79. The molecular weight excluding hydrogens is 370 g/mol. The van der Waals surface area contributed by atoms with E-state index in [9.17, 15) is 4.79 Å². The smallest absolute Gasteiger partial charge is 0.167 e. The van der Waals surface area contributed by atoms with Crippen molar-refractivity contribution in [3.63, 3.8) is 0 Å². The Morgan fingerprint density at radius 2 is 1.83 bits per heavy atom. The molecule has 1 saturated heterocycles. The summed E-state index contributed by atoms with van der Waals surface area (Å²) in [5.74, 6) is 6.33. The maximum absolute atomic E-state index is 13.3. The lowest BCUT2D eigenvalue weighted by atomic mass is 9.88. The maximum Gasteiger partial charge on any atom is 0.167 e. The molecule has 3 aromatic carbocycles. The maximum atomic E-state index is 13.3. The van der Waals surface area contributed by atoms with Crippen molar-refractivity contribution in [1.29, 1.82) is 0 Å². The molecule has 0 radical (unpaired) electrons. The molecule has 4 rings (SSSR count). The number of aliphatic hydroxyl groups excluding tert-OH is 1. The molecule has 1 aliphatic heterocycles. The van der Waals surface area contributed by atoms with Crippen LogP contribution in [0, 0.1) is 17.8 Å². The van der Waals surface area contributed by atoms with Crippen LogP contribution in [0.5, 0.6) is 0 Å². The second kappa shape index (κ2) is 9.71. The van der Waals surface area contributed by atoms with Gasteiger partial charge in [-0.15, -0.1) is 0 Å². The van der Waals surface area contributed by atoms with Crippen molar-refractivity contribution in [2.75, 3.05) is 19.7 Å². The number of piperidine rings is 1. The molecule has 0 aromatic heterocycles. The number of benzene rings is 3. The first-order valence-electron chi connectivity index (χ1n) is 10.7. The molecule has 0 bridgehead atoms. The normalized spacial score (nSPS) is 16.8. The fraction of sp³-hybridized carbons (Fsp3) is 0.296. The van der Waals surface area contributed by atoms with Gasteiger partial charge in [0.05, 0.1) is 6.61 Å². The molecule has 3 nitrogen and oxygen atoms in total. The highest BCUT2D eigenvalue weighted by Gasteiger charge is 2.27. The SMILES string of the molecule is O=C(c1cccc2ccccc12)[C@H]1CCCN(Cc2ccc(C#CCCO)cc2)C1. The van der Waals surface area contributed by atoms with Crippen LogP contribution in [0.2, 0.25) is 0 Å². The number of ketones is 1. The molecule has 1 heterocycles. The first-order chi connectivity index (χ1) is 14.7. The second-order valence-electron chi connectivity index (χ2n) is 7.94. The van der Waals surface area contributed by atoms with E-state index in [0.717, 1.165) is 54.4 Å². The van der Waals surface area contributed by atoms with Crippen molar-refractivity contribution >= 4 is 16.6 Å². The van der Waals surface area contributed by atoms with Gasteiger partial charge in [0.15, 0.2) is 5.78 Å². The number of carbonyl (C=O) groups excluding carboxylic acids is 1. The van der Waals surface area contributed by atoms with Crippen LogP contribution in [0.3, 0.4) is 0 Å². The van der Waals surface area contributed by atoms with Crippen LogP contribution in [0.4, 0.5) is 0 Å². The van der Waals surface area contributed by atoms with Gasteiger partial charge in [0.2, 0.25) is 0 Å². The Hall–Kier alpha value is -2.93. The molecule has 3 heteroatoms. The van der Waals surface area contributed by atoms with Gasteiger partial charge >= 0.3 is 0 Å². The summed E-state index contributed by atoms with van der Waals surface area (Å²) < 4.78 is 0. The third-order valence-corrected chi connectivity index (χ3v) is 5.76. The topological polar surface area (TPSA) is 40.5 Å². The van der Waals surface area contributed by atoms with Crippen LogP contribution in [-0.2, 0) is 6.54 Å². The quantitative estimate of drug-likeness (QED) is 0.502. The van der Waals surface area contributed by atoms with Gasteiger partial charge in [0.1, 0.15) is 0 Å². The van der Waals surface area contributed by atoms with Gasteiger partial charge in [-0.25, -0.2) is 0 Å². The van der Waals surface area contributed by atoms with Gasteiger partial charge in [-0.05, 0) is 47.9 Å². The lowest BCUT2D eigenvalue weighted by molar-refractivity contribution is 0.0813. The van der Waals surface area contributed by atoms with Gasteiger partial charge < -0.3 is 5.11 Å². The number of carbonyl (C=O) groups is 1. The lowest BCUT2D eigenvalue weighted by Gasteiger charge is -2.32. The van der Waals surface area contributed by atoms with E-state index in [4.69, 9.17) is 5.11 Å². The Bertz CT molecular complexity index is 1070. The lowest BCUT2D eigenvalue weighted by Crippen LogP contribution is -2.38. The minimum absolute atomic E-state index is 0.0492. The summed E-state index contributed by atoms with van der Waals surface area (Å²) in [6.07, 6.45) is 2.51. The number of likely N-dealkylation sites (tertiary alicyclic amines) is 1. The Balaban J connectivity index is 1.43. The monoisotopic (exact) mass is 397 g/mol. The van der Waals surface area contributed by atoms with E-state index in [1.165, 1.54) is 5.56 Å². The predicted molar refractivity (Wildman–Crippen MR) is 121 cm³/mol. The minimum atomic E-state index is 0.0492. The van der Waals surface area contributed by atoms with Crippen LogP contribution in [0.1, 0.15) is 40.7 Å². The number of nitrogens with zero attached hydrogens (tertiary/aromatic N) is 1. The molecule has 0 spiro atoms. The molecule has 0 saturated carbocycles. The van der Waals surface area contributed by atoms with Crippen molar-refractivity contribution < 1.29 is 9.90 Å². The number of aliphatic hydroxyl groups is 1. The highest BCUT2D eigenvalue weighted by molar-refractivity contribution is 6.09. The molecule has 0 aliphatic carbocycles. The first-order valence-corrected chi connectivity index (χ1v) is 10.7. The van der Waals surface area contributed by atoms with Crippen molar-refractivity contribution in [1.82, 2.24) is 4.90 Å². The first kappa shape index (κ1) is 20.3. The van der Waals surface area contributed by atoms with Crippen molar-refractivity contribution in [3.05, 3.63) is 83.4 Å². The molecule has 152 valence electrons. The molecule has 1 aliphatic rings. The van der Waals surface area contributed by atoms with E-state index in [2.05, 4.69) is 41.0 Å². The average Bonchev–Trinajstić information content (AvgIpc) is 2.80. The van der Waals surface area contributed by atoms with Crippen LogP contribution in [0.25, 0.3) is 10.8 Å². The molecular formula is C27H27NO2. The van der Waals surface area contributed by atoms with Crippen molar-refractivity contribution in [2.45, 2.75) is 25.8 Å². The van der Waals surface area contributed by atoms with E-state index in [1.807, 2.05) is 42.5 Å². The summed E-state index contributed by atoms with van der Waals surface area (Å²) in [5.41, 5.74) is 3.06. The number of Topliss-reactive ketones (excluding diaryl/α,β-unsaturated/α-hetero) is 1. The van der Waals surface area contributed by atoms with E-state index in [-0.39, 0.29) is 18.3 Å². The highest BCUT2D eigenvalue weighted by atomic mass is 16.2. The van der Waals surface area contributed by atoms with Crippen molar-refractivity contribution in [2.24, 2.45) is 5.92 Å². The van der Waals surface area contributed by atoms with Crippen LogP contribution < -0.4 is 0 Å². The molecule has 1 fully saturated rings. The Kier molecular flexibility index (Phi) is 6.59. The molecule has 30 heavy (non-hydrogen) atoms. The van der Waals surface area contributed by atoms with Gasteiger partial charge in [-0.2, -0.15) is 0 Å². The van der Waals surface area contributed by atoms with Crippen LogP contribution >= 0.6 is 0 Å². The predicted octanol–water partition coefficient (Wildman–Crippen LogP) is 4.67. The van der Waals surface area contributed by atoms with E-state index in [1.54, 1.807) is 0 Å². The number of hydrogen-bond donors (Lipinski definition) is 1. The Labute approximate surface area is 178 Å². The molecule has 0 unspecified atom stereocenters. The van der Waals surface area contributed by atoms with Gasteiger partial charge in [-0.1, -0.05) is 66.4 Å². The van der Waals surface area contributed by atoms with E-state index in [0.29, 0.717) is 6.42 Å². The highest BCUT2D eigenvalue weighted by Crippen LogP contribution is 2.26. The molecule has 0 amide bonds. The van der Waals surface area contributed by atoms with Crippen LogP contribution in [0.15, 0.2) is 66.7 Å². The standard InChI is InChI=1S/C27H27NO2/c29-18-4-3-7-21-13-15-22(16-14-21)19-28-17-6-10-24(20-28)27(30)26-12-5-9-23-8-1-2-11-25(23)26/h1-2,5,8-9,11-16,24,29H,4,6,10,17-20H2/t24-/m0/s1. The zero-order valence-corrected chi connectivity index (χ0v) is 17.2. The number of rotatable bonds is 5. The summed E-state index contributed by atoms with van der Waals surface area (Å²) in [6, 6.07) is 22.4. The summed E-state index contributed by atoms with van der Waals surface area (Å²) in [5, 5.41) is 11.0. The van der Waals surface area contributed by atoms with Crippen LogP contribution in [-0.4, -0.2) is 35.5 Å². The zero-order valence-electron chi connectivity index (χ0n) is 17.2. The molecule has 3 aromatic rings. The van der Waals surface area contributed by atoms with Gasteiger partial charge in [0.25, 0.3) is 0 Å². The third-order valence-electron chi connectivity index (χ3n) is 5.76. The fourth-order valence-corrected chi connectivity index (χ4v) is 4.25. The van der Waals surface area contributed by atoms with E-state index >= 15 is 0 Å². The molecule has 1 atom stereocenters. The Morgan fingerprint density at radius 1 is 1.03 bits per heavy atom. The summed E-state index contributed by atoms with van der Waals surface area (Å²) in [4.78, 5) is 15.7. The minimum Gasteiger partial charge on any atom is -0.395 e. The summed E-state index contributed by atoms with van der Waals surface area (Å²) in [7, 11) is 0. The fourth-order valence-electron chi connectivity index (χ4n) is 4.25. The summed E-state index contributed by atoms with van der Waals surface area (Å²) in [6.45, 7) is 2.78. The largest absolute Gasteiger partial charge is 0.395 e. The average molecular weight is 398 g/mol. The number of fused-ring (bicyclic) bond motifs is 1. The van der Waals surface area contributed by atoms with E-state index < -0.39 is 0 Å². The summed E-state index contributed by atoms with van der Waals surface area (Å²) >= 11 is 0.